The van der Waals surface area contributed by atoms with Gasteiger partial charge in [0.1, 0.15) is 18.0 Å². The maximum atomic E-state index is 11.8. The molecule has 0 radical (unpaired) electrons. The van der Waals surface area contributed by atoms with Gasteiger partial charge < -0.3 is 24.5 Å². The first-order valence-electron chi connectivity index (χ1n) is 9.81. The topological polar surface area (TPSA) is 82.0 Å². The molecule has 0 amide bonds. The van der Waals surface area contributed by atoms with Crippen LogP contribution < -0.4 is 9.80 Å². The van der Waals surface area contributed by atoms with E-state index >= 15 is 0 Å². The van der Waals surface area contributed by atoms with Crippen LogP contribution in [0, 0.1) is 0 Å². The Bertz CT molecular complexity index is 904. The fraction of sp³-hybridized carbons (Fsp3) is 0.476. The van der Waals surface area contributed by atoms with E-state index in [2.05, 4.69) is 24.7 Å². The summed E-state index contributed by atoms with van der Waals surface area (Å²) in [5.41, 5.74) is 2.85. The Labute approximate surface area is 170 Å². The molecule has 29 heavy (non-hydrogen) atoms. The molecule has 0 bridgehead atoms. The lowest BCUT2D eigenvalue weighted by Gasteiger charge is -2.28. The van der Waals surface area contributed by atoms with Gasteiger partial charge in [0.15, 0.2) is 0 Å². The lowest BCUT2D eigenvalue weighted by molar-refractivity contribution is 0.0600. The van der Waals surface area contributed by atoms with Crippen molar-refractivity contribution in [3.05, 3.63) is 47.3 Å². The Morgan fingerprint density at radius 1 is 1.21 bits per heavy atom. The molecule has 2 aliphatic heterocycles. The van der Waals surface area contributed by atoms with Gasteiger partial charge in [0.05, 0.1) is 18.8 Å². The molecule has 2 aliphatic rings. The highest BCUT2D eigenvalue weighted by Crippen LogP contribution is 2.31. The summed E-state index contributed by atoms with van der Waals surface area (Å²) in [5, 5.41) is 10.2. The van der Waals surface area contributed by atoms with Gasteiger partial charge in [-0.25, -0.2) is 14.8 Å². The second-order valence-electron chi connectivity index (χ2n) is 8.02. The molecule has 1 aromatic carbocycles. The summed E-state index contributed by atoms with van der Waals surface area (Å²) in [5.74, 6) is 1.36. The minimum Gasteiger partial charge on any atom is -0.465 e. The van der Waals surface area contributed by atoms with E-state index in [1.165, 1.54) is 12.7 Å². The van der Waals surface area contributed by atoms with Crippen molar-refractivity contribution in [1.82, 2.24) is 14.9 Å². The first kappa shape index (κ1) is 19.6. The van der Waals surface area contributed by atoms with Crippen LogP contribution in [0.2, 0.25) is 0 Å². The summed E-state index contributed by atoms with van der Waals surface area (Å²) in [7, 11) is 5.47. The number of likely N-dealkylation sites (N-methyl/N-ethyl adjacent to an activating group) is 1. The van der Waals surface area contributed by atoms with Crippen molar-refractivity contribution in [2.24, 2.45) is 0 Å². The maximum Gasteiger partial charge on any atom is 0.337 e. The standard InChI is InChI=1S/C21H27N5O3/c1-24(2)11-17-7-18(27)12-26(17)20-8-19(22-13-23-20)25-9-15-5-4-14(21(28)29-3)6-16(15)10-25/h4-6,8,13,17-18,27H,7,9-12H2,1-3H3/t17-,18-/m1/s1. The third-order valence-electron chi connectivity index (χ3n) is 5.57. The predicted octanol–water partition coefficient (Wildman–Crippen LogP) is 1.28. The number of anilines is 2. The monoisotopic (exact) mass is 397 g/mol. The molecule has 0 aliphatic carbocycles. The van der Waals surface area contributed by atoms with Crippen molar-refractivity contribution in [1.29, 1.82) is 0 Å². The number of benzene rings is 1. The number of β-amino-alcohol motifs (C(OH)–C–C–N with tert-alkyl or cyclic N) is 1. The number of nitrogens with zero attached hydrogens (tertiary/aromatic N) is 5. The normalized spacial score (nSPS) is 21.0. The fourth-order valence-corrected chi connectivity index (χ4v) is 4.24. The van der Waals surface area contributed by atoms with E-state index in [9.17, 15) is 9.90 Å². The van der Waals surface area contributed by atoms with Crippen molar-refractivity contribution in [3.63, 3.8) is 0 Å². The molecule has 1 saturated heterocycles. The summed E-state index contributed by atoms with van der Waals surface area (Å²) in [6.45, 7) is 2.86. The molecule has 8 heteroatoms. The zero-order valence-corrected chi connectivity index (χ0v) is 17.1. The minimum atomic E-state index is -0.342. The van der Waals surface area contributed by atoms with Gasteiger partial charge in [0.25, 0.3) is 0 Å². The van der Waals surface area contributed by atoms with E-state index in [4.69, 9.17) is 4.74 Å². The third-order valence-corrected chi connectivity index (χ3v) is 5.57. The van der Waals surface area contributed by atoms with Crippen LogP contribution in [-0.2, 0) is 17.8 Å². The third kappa shape index (κ3) is 4.04. The van der Waals surface area contributed by atoms with Crippen molar-refractivity contribution < 1.29 is 14.6 Å². The van der Waals surface area contributed by atoms with Crippen molar-refractivity contribution in [2.75, 3.05) is 44.1 Å². The van der Waals surface area contributed by atoms with Gasteiger partial charge in [0, 0.05) is 38.3 Å². The van der Waals surface area contributed by atoms with Crippen LogP contribution >= 0.6 is 0 Å². The number of esters is 1. The Kier molecular flexibility index (Phi) is 5.38. The molecule has 0 saturated carbocycles. The average molecular weight is 397 g/mol. The number of methoxy groups -OCH3 is 1. The molecule has 1 fully saturated rings. The zero-order valence-electron chi connectivity index (χ0n) is 17.1. The number of aliphatic hydroxyl groups is 1. The first-order valence-corrected chi connectivity index (χ1v) is 9.81. The molecule has 0 unspecified atom stereocenters. The van der Waals surface area contributed by atoms with Gasteiger partial charge in [-0.1, -0.05) is 6.07 Å². The highest BCUT2D eigenvalue weighted by molar-refractivity contribution is 5.89. The second kappa shape index (κ2) is 7.96. The van der Waals surface area contributed by atoms with E-state index in [-0.39, 0.29) is 18.1 Å². The Morgan fingerprint density at radius 2 is 1.97 bits per heavy atom. The fourth-order valence-electron chi connectivity index (χ4n) is 4.24. The molecule has 8 nitrogen and oxygen atoms in total. The molecule has 2 atom stereocenters. The quantitative estimate of drug-likeness (QED) is 0.756. The summed E-state index contributed by atoms with van der Waals surface area (Å²) in [4.78, 5) is 27.2. The molecule has 1 aromatic heterocycles. The van der Waals surface area contributed by atoms with Gasteiger partial charge in [-0.2, -0.15) is 0 Å². The summed E-state index contributed by atoms with van der Waals surface area (Å²) in [6.07, 6.45) is 1.99. The van der Waals surface area contributed by atoms with Crippen LogP contribution in [0.5, 0.6) is 0 Å². The van der Waals surface area contributed by atoms with Crippen molar-refractivity contribution in [3.8, 4) is 0 Å². The molecular formula is C21H27N5O3. The van der Waals surface area contributed by atoms with E-state index in [1.807, 2.05) is 32.3 Å². The predicted molar refractivity (Wildman–Crippen MR) is 110 cm³/mol. The Morgan fingerprint density at radius 3 is 2.72 bits per heavy atom. The molecule has 154 valence electrons. The van der Waals surface area contributed by atoms with Gasteiger partial charge >= 0.3 is 5.97 Å². The molecule has 1 N–H and O–H groups in total. The van der Waals surface area contributed by atoms with Gasteiger partial charge in [-0.05, 0) is 43.8 Å². The summed E-state index contributed by atoms with van der Waals surface area (Å²) in [6, 6.07) is 7.90. The van der Waals surface area contributed by atoms with Crippen molar-refractivity contribution in [2.45, 2.75) is 31.7 Å². The van der Waals surface area contributed by atoms with E-state index in [0.29, 0.717) is 18.7 Å². The lowest BCUT2D eigenvalue weighted by atomic mass is 10.1. The van der Waals surface area contributed by atoms with E-state index in [1.54, 1.807) is 12.4 Å². The van der Waals surface area contributed by atoms with Crippen molar-refractivity contribution >= 4 is 17.6 Å². The van der Waals surface area contributed by atoms with E-state index in [0.717, 1.165) is 36.7 Å². The van der Waals surface area contributed by atoms with Crippen LogP contribution in [0.4, 0.5) is 11.6 Å². The lowest BCUT2D eigenvalue weighted by Crippen LogP contribution is -2.38. The van der Waals surface area contributed by atoms with Crippen LogP contribution in [0.3, 0.4) is 0 Å². The SMILES string of the molecule is COC(=O)c1ccc2c(c1)CN(c1cc(N3C[C@H](O)C[C@@H]3CN(C)C)ncn1)C2. The number of aliphatic hydroxyl groups excluding tert-OH is 1. The number of ether oxygens (including phenoxy) is 1. The van der Waals surface area contributed by atoms with Gasteiger partial charge in [-0.3, -0.25) is 0 Å². The van der Waals surface area contributed by atoms with Crippen LogP contribution in [0.25, 0.3) is 0 Å². The molecule has 2 aromatic rings. The number of hydrogen-bond acceptors (Lipinski definition) is 8. The van der Waals surface area contributed by atoms with Gasteiger partial charge in [0.2, 0.25) is 0 Å². The highest BCUT2D eigenvalue weighted by atomic mass is 16.5. The number of aromatic nitrogens is 2. The Balaban J connectivity index is 1.54. The molecular weight excluding hydrogens is 370 g/mol. The largest absolute Gasteiger partial charge is 0.465 e. The first-order chi connectivity index (χ1) is 13.9. The molecule has 4 rings (SSSR count). The summed E-state index contributed by atoms with van der Waals surface area (Å²) < 4.78 is 4.82. The smallest absolute Gasteiger partial charge is 0.337 e. The van der Waals surface area contributed by atoms with Crippen LogP contribution in [0.15, 0.2) is 30.6 Å². The molecule has 3 heterocycles. The van der Waals surface area contributed by atoms with Crippen LogP contribution in [-0.4, -0.2) is 72.4 Å². The highest BCUT2D eigenvalue weighted by Gasteiger charge is 2.32. The maximum absolute atomic E-state index is 11.8. The van der Waals surface area contributed by atoms with E-state index < -0.39 is 0 Å². The number of rotatable bonds is 5. The number of hydrogen-bond donors (Lipinski definition) is 1. The number of carbonyl (C=O) groups is 1. The second-order valence-corrected chi connectivity index (χ2v) is 8.02. The number of fused-ring (bicyclic) bond motifs is 1. The Hall–Kier alpha value is -2.71. The zero-order chi connectivity index (χ0) is 20.5. The minimum absolute atomic E-state index is 0.223. The average Bonchev–Trinajstić information content (AvgIpc) is 3.29. The summed E-state index contributed by atoms with van der Waals surface area (Å²) >= 11 is 0. The number of carbonyl (C=O) groups excluding carboxylic acids is 1. The van der Waals surface area contributed by atoms with Crippen LogP contribution in [0.1, 0.15) is 27.9 Å². The molecule has 0 spiro atoms. The van der Waals surface area contributed by atoms with Gasteiger partial charge in [-0.15, -0.1) is 0 Å².